The number of nitrogens with zero attached hydrogens (tertiary/aromatic N) is 1. The van der Waals surface area contributed by atoms with Crippen LogP contribution in [-0.2, 0) is 0 Å². The first kappa shape index (κ1) is 14.0. The Hall–Kier alpha value is -1.39. The van der Waals surface area contributed by atoms with Crippen LogP contribution < -0.4 is 10.1 Å². The van der Waals surface area contributed by atoms with Crippen LogP contribution in [0.1, 0.15) is 21.5 Å². The summed E-state index contributed by atoms with van der Waals surface area (Å²) in [6.07, 6.45) is 0. The van der Waals surface area contributed by atoms with Crippen LogP contribution in [-0.4, -0.2) is 50.5 Å². The van der Waals surface area contributed by atoms with Gasteiger partial charge in [-0.05, 0) is 31.0 Å². The van der Waals surface area contributed by atoms with Crippen LogP contribution in [0.4, 0.5) is 0 Å². The number of Topliss-reactive ketones (excluding diaryl/α,β-unsaturated/α-hetero) is 1. The Labute approximate surface area is 114 Å². The van der Waals surface area contributed by atoms with Gasteiger partial charge in [-0.3, -0.25) is 9.69 Å². The number of ether oxygens (including phenoxy) is 1. The molecule has 0 bridgehead atoms. The molecule has 0 radical (unpaired) electrons. The van der Waals surface area contributed by atoms with E-state index in [1.165, 1.54) is 0 Å². The number of hydrogen-bond donors (Lipinski definition) is 1. The molecule has 1 aromatic rings. The Balaban J connectivity index is 2.18. The van der Waals surface area contributed by atoms with E-state index in [0.29, 0.717) is 12.3 Å². The number of aryl methyl sites for hydroxylation is 2. The summed E-state index contributed by atoms with van der Waals surface area (Å²) in [4.78, 5) is 14.7. The Morgan fingerprint density at radius 1 is 1.32 bits per heavy atom. The molecule has 1 heterocycles. The standard InChI is InChI=1S/C15H22N2O2/c1-11-8-12(2)15(14(9-11)19-3)13(18)10-17-6-4-16-5-7-17/h8-9,16H,4-7,10H2,1-3H3. The molecule has 1 aromatic carbocycles. The molecule has 0 unspecified atom stereocenters. The summed E-state index contributed by atoms with van der Waals surface area (Å²) in [6.45, 7) is 8.23. The van der Waals surface area contributed by atoms with Gasteiger partial charge in [0.1, 0.15) is 5.75 Å². The summed E-state index contributed by atoms with van der Waals surface area (Å²) >= 11 is 0. The van der Waals surface area contributed by atoms with Gasteiger partial charge < -0.3 is 10.1 Å². The van der Waals surface area contributed by atoms with E-state index in [1.54, 1.807) is 7.11 Å². The quantitative estimate of drug-likeness (QED) is 0.833. The molecule has 4 heteroatoms. The molecule has 0 aromatic heterocycles. The topological polar surface area (TPSA) is 41.6 Å². The molecule has 1 aliphatic rings. The van der Waals surface area contributed by atoms with Crippen molar-refractivity contribution in [2.45, 2.75) is 13.8 Å². The molecule has 0 atom stereocenters. The van der Waals surface area contributed by atoms with Crippen LogP contribution in [0.15, 0.2) is 12.1 Å². The zero-order valence-corrected chi connectivity index (χ0v) is 12.0. The Bertz CT molecular complexity index is 465. The van der Waals surface area contributed by atoms with Crippen LogP contribution in [0.3, 0.4) is 0 Å². The van der Waals surface area contributed by atoms with Crippen molar-refractivity contribution in [2.24, 2.45) is 0 Å². The second kappa shape index (κ2) is 6.17. The summed E-state index contributed by atoms with van der Waals surface area (Å²) in [6, 6.07) is 3.96. The molecule has 104 valence electrons. The molecular weight excluding hydrogens is 240 g/mol. The number of rotatable bonds is 4. The number of carbonyl (C=O) groups excluding carboxylic acids is 1. The second-order valence-corrected chi connectivity index (χ2v) is 5.11. The molecule has 1 saturated heterocycles. The van der Waals surface area contributed by atoms with Crippen molar-refractivity contribution in [2.75, 3.05) is 39.8 Å². The van der Waals surface area contributed by atoms with Gasteiger partial charge in [0.05, 0.1) is 19.2 Å². The number of hydrogen-bond acceptors (Lipinski definition) is 4. The van der Waals surface area contributed by atoms with E-state index < -0.39 is 0 Å². The predicted octanol–water partition coefficient (Wildman–Crippen LogP) is 1.40. The highest BCUT2D eigenvalue weighted by Crippen LogP contribution is 2.24. The van der Waals surface area contributed by atoms with Crippen molar-refractivity contribution >= 4 is 5.78 Å². The average molecular weight is 262 g/mol. The molecule has 4 nitrogen and oxygen atoms in total. The van der Waals surface area contributed by atoms with Crippen molar-refractivity contribution in [1.82, 2.24) is 10.2 Å². The molecule has 1 aliphatic heterocycles. The van der Waals surface area contributed by atoms with Crippen LogP contribution in [0.5, 0.6) is 5.75 Å². The number of methoxy groups -OCH3 is 1. The maximum atomic E-state index is 12.5. The fourth-order valence-corrected chi connectivity index (χ4v) is 2.60. The number of benzene rings is 1. The predicted molar refractivity (Wildman–Crippen MR) is 76.1 cm³/mol. The first-order chi connectivity index (χ1) is 9.11. The minimum atomic E-state index is 0.149. The third kappa shape index (κ3) is 3.33. The fourth-order valence-electron chi connectivity index (χ4n) is 2.60. The molecule has 1 fully saturated rings. The summed E-state index contributed by atoms with van der Waals surface area (Å²) in [7, 11) is 1.62. The normalized spacial score (nSPS) is 16.4. The number of piperazine rings is 1. The Morgan fingerprint density at radius 3 is 2.63 bits per heavy atom. The number of carbonyl (C=O) groups is 1. The molecule has 1 N–H and O–H groups in total. The Kier molecular flexibility index (Phi) is 4.56. The third-order valence-corrected chi connectivity index (χ3v) is 3.52. The van der Waals surface area contributed by atoms with E-state index in [1.807, 2.05) is 26.0 Å². The van der Waals surface area contributed by atoms with Crippen molar-refractivity contribution in [1.29, 1.82) is 0 Å². The highest BCUT2D eigenvalue weighted by atomic mass is 16.5. The maximum absolute atomic E-state index is 12.5. The van der Waals surface area contributed by atoms with Crippen molar-refractivity contribution < 1.29 is 9.53 Å². The largest absolute Gasteiger partial charge is 0.496 e. The minimum absolute atomic E-state index is 0.149. The zero-order valence-electron chi connectivity index (χ0n) is 12.0. The minimum Gasteiger partial charge on any atom is -0.496 e. The van der Waals surface area contributed by atoms with Gasteiger partial charge in [0.15, 0.2) is 5.78 Å². The van der Waals surface area contributed by atoms with E-state index in [0.717, 1.165) is 42.9 Å². The SMILES string of the molecule is COc1cc(C)cc(C)c1C(=O)CN1CCNCC1. The smallest absolute Gasteiger partial charge is 0.180 e. The van der Waals surface area contributed by atoms with Crippen molar-refractivity contribution in [3.8, 4) is 5.75 Å². The van der Waals surface area contributed by atoms with Gasteiger partial charge in [-0.15, -0.1) is 0 Å². The van der Waals surface area contributed by atoms with E-state index in [-0.39, 0.29) is 5.78 Å². The maximum Gasteiger partial charge on any atom is 0.180 e. The van der Waals surface area contributed by atoms with E-state index in [2.05, 4.69) is 10.2 Å². The zero-order chi connectivity index (χ0) is 13.8. The van der Waals surface area contributed by atoms with Crippen molar-refractivity contribution in [3.05, 3.63) is 28.8 Å². The molecule has 0 saturated carbocycles. The highest BCUT2D eigenvalue weighted by Gasteiger charge is 2.19. The molecular formula is C15H22N2O2. The first-order valence-corrected chi connectivity index (χ1v) is 6.73. The summed E-state index contributed by atoms with van der Waals surface area (Å²) < 4.78 is 5.37. The molecule has 19 heavy (non-hydrogen) atoms. The fraction of sp³-hybridized carbons (Fsp3) is 0.533. The third-order valence-electron chi connectivity index (χ3n) is 3.52. The van der Waals surface area contributed by atoms with Gasteiger partial charge in [-0.1, -0.05) is 6.07 Å². The summed E-state index contributed by atoms with van der Waals surface area (Å²) in [5.74, 6) is 0.842. The number of ketones is 1. The summed E-state index contributed by atoms with van der Waals surface area (Å²) in [5.41, 5.74) is 2.84. The van der Waals surface area contributed by atoms with Gasteiger partial charge in [-0.2, -0.15) is 0 Å². The van der Waals surface area contributed by atoms with Crippen LogP contribution in [0, 0.1) is 13.8 Å². The molecule has 0 spiro atoms. The monoisotopic (exact) mass is 262 g/mol. The van der Waals surface area contributed by atoms with E-state index in [4.69, 9.17) is 4.74 Å². The lowest BCUT2D eigenvalue weighted by atomic mass is 10.00. The van der Waals surface area contributed by atoms with Gasteiger partial charge in [0, 0.05) is 26.2 Å². The van der Waals surface area contributed by atoms with E-state index in [9.17, 15) is 4.79 Å². The van der Waals surface area contributed by atoms with Gasteiger partial charge >= 0.3 is 0 Å². The molecule has 2 rings (SSSR count). The van der Waals surface area contributed by atoms with Crippen LogP contribution in [0.25, 0.3) is 0 Å². The van der Waals surface area contributed by atoms with Crippen LogP contribution in [0.2, 0.25) is 0 Å². The molecule has 0 aliphatic carbocycles. The van der Waals surface area contributed by atoms with Gasteiger partial charge in [0.2, 0.25) is 0 Å². The second-order valence-electron chi connectivity index (χ2n) is 5.11. The van der Waals surface area contributed by atoms with Crippen LogP contribution >= 0.6 is 0 Å². The molecule has 0 amide bonds. The first-order valence-electron chi connectivity index (χ1n) is 6.73. The average Bonchev–Trinajstić information content (AvgIpc) is 2.38. The van der Waals surface area contributed by atoms with E-state index >= 15 is 0 Å². The van der Waals surface area contributed by atoms with Gasteiger partial charge in [-0.25, -0.2) is 0 Å². The Morgan fingerprint density at radius 2 is 2.00 bits per heavy atom. The van der Waals surface area contributed by atoms with Gasteiger partial charge in [0.25, 0.3) is 0 Å². The number of nitrogens with one attached hydrogen (secondary N) is 1. The summed E-state index contributed by atoms with van der Waals surface area (Å²) in [5, 5.41) is 3.29. The lowest BCUT2D eigenvalue weighted by molar-refractivity contribution is 0.0918. The lowest BCUT2D eigenvalue weighted by Gasteiger charge is -2.26. The van der Waals surface area contributed by atoms with Crippen molar-refractivity contribution in [3.63, 3.8) is 0 Å². The lowest BCUT2D eigenvalue weighted by Crippen LogP contribution is -2.45. The highest BCUT2D eigenvalue weighted by molar-refractivity contribution is 6.01.